The molecule has 1 fully saturated rings. The summed E-state index contributed by atoms with van der Waals surface area (Å²) in [6.45, 7) is 2.54. The molecule has 2 aromatic rings. The van der Waals surface area contributed by atoms with Crippen molar-refractivity contribution in [1.82, 2.24) is 4.72 Å². The van der Waals surface area contributed by atoms with E-state index < -0.39 is 27.3 Å². The predicted molar refractivity (Wildman–Crippen MR) is 95.0 cm³/mol. The second kappa shape index (κ2) is 7.14. The number of ether oxygens (including phenoxy) is 1. The van der Waals surface area contributed by atoms with Crippen LogP contribution in [0.2, 0.25) is 0 Å². The van der Waals surface area contributed by atoms with Crippen molar-refractivity contribution in [1.29, 1.82) is 0 Å². The van der Waals surface area contributed by atoms with Gasteiger partial charge in [0.15, 0.2) is 0 Å². The first-order valence-corrected chi connectivity index (χ1v) is 9.61. The zero-order valence-electron chi connectivity index (χ0n) is 14.2. The topological polar surface area (TPSA) is 84.5 Å². The third-order valence-electron chi connectivity index (χ3n) is 4.29. The second-order valence-electron chi connectivity index (χ2n) is 6.22. The Bertz CT molecular complexity index is 904. The van der Waals surface area contributed by atoms with E-state index in [2.05, 4.69) is 10.0 Å². The number of carbonyl (C=O) groups excluding carboxylic acids is 1. The summed E-state index contributed by atoms with van der Waals surface area (Å²) >= 11 is 0. The Morgan fingerprint density at radius 1 is 1.19 bits per heavy atom. The molecule has 0 spiro atoms. The molecule has 0 aromatic heterocycles. The Morgan fingerprint density at radius 2 is 1.88 bits per heavy atom. The Morgan fingerprint density at radius 3 is 2.46 bits per heavy atom. The van der Waals surface area contributed by atoms with Gasteiger partial charge in [0.1, 0.15) is 5.82 Å². The second-order valence-corrected chi connectivity index (χ2v) is 7.90. The molecule has 1 saturated heterocycles. The molecular weight excluding hydrogens is 359 g/mol. The maximum atomic E-state index is 12.9. The fourth-order valence-corrected chi connectivity index (χ4v) is 4.06. The number of hydrogen-bond acceptors (Lipinski definition) is 4. The van der Waals surface area contributed by atoms with E-state index in [9.17, 15) is 17.6 Å². The van der Waals surface area contributed by atoms with Crippen LogP contribution in [-0.4, -0.2) is 33.1 Å². The van der Waals surface area contributed by atoms with Crippen LogP contribution >= 0.6 is 0 Å². The van der Waals surface area contributed by atoms with E-state index in [1.807, 2.05) is 6.92 Å². The zero-order chi connectivity index (χ0) is 18.8. The molecule has 1 aliphatic heterocycles. The molecular formula is C18H19FN2O4S. The highest BCUT2D eigenvalue weighted by Crippen LogP contribution is 2.24. The predicted octanol–water partition coefficient (Wildman–Crippen LogP) is 2.54. The lowest BCUT2D eigenvalue weighted by Gasteiger charge is -2.40. The van der Waals surface area contributed by atoms with E-state index in [-0.39, 0.29) is 10.5 Å². The molecule has 1 heterocycles. The highest BCUT2D eigenvalue weighted by atomic mass is 32.2. The molecule has 2 aromatic carbocycles. The number of carbonyl (C=O) groups is 1. The fraction of sp³-hybridized carbons (Fsp3) is 0.278. The summed E-state index contributed by atoms with van der Waals surface area (Å²) in [4.78, 5) is 12.4. The van der Waals surface area contributed by atoms with Crippen LogP contribution in [0, 0.1) is 5.82 Å². The monoisotopic (exact) mass is 378 g/mol. The summed E-state index contributed by atoms with van der Waals surface area (Å²) in [7, 11) is -3.78. The smallest absolute Gasteiger partial charge is 0.255 e. The largest absolute Gasteiger partial charge is 0.377 e. The number of amides is 1. The maximum Gasteiger partial charge on any atom is 0.255 e. The minimum Gasteiger partial charge on any atom is -0.377 e. The summed E-state index contributed by atoms with van der Waals surface area (Å²) in [6, 6.07) is 11.1. The van der Waals surface area contributed by atoms with Crippen molar-refractivity contribution >= 4 is 21.6 Å². The van der Waals surface area contributed by atoms with Crippen molar-refractivity contribution in [2.45, 2.75) is 23.8 Å². The van der Waals surface area contributed by atoms with Gasteiger partial charge in [-0.15, -0.1) is 0 Å². The van der Waals surface area contributed by atoms with Crippen LogP contribution in [0.1, 0.15) is 23.7 Å². The minimum atomic E-state index is -3.78. The summed E-state index contributed by atoms with van der Waals surface area (Å²) in [6.07, 6.45) is 0.608. The molecule has 0 saturated carbocycles. The van der Waals surface area contributed by atoms with Crippen molar-refractivity contribution in [3.63, 3.8) is 0 Å². The Labute approximate surface area is 151 Å². The number of halogens is 1. The van der Waals surface area contributed by atoms with Crippen LogP contribution in [0.4, 0.5) is 10.1 Å². The van der Waals surface area contributed by atoms with Gasteiger partial charge in [-0.05, 0) is 48.9 Å². The first-order chi connectivity index (χ1) is 12.3. The van der Waals surface area contributed by atoms with Gasteiger partial charge in [-0.2, -0.15) is 0 Å². The van der Waals surface area contributed by atoms with Gasteiger partial charge in [0.2, 0.25) is 10.0 Å². The first-order valence-electron chi connectivity index (χ1n) is 8.12. The van der Waals surface area contributed by atoms with Crippen LogP contribution in [0.5, 0.6) is 0 Å². The van der Waals surface area contributed by atoms with Crippen molar-refractivity contribution in [2.24, 2.45) is 0 Å². The SMILES string of the molecule is CCC1(NS(=O)(=O)c2cccc(C(=O)Nc3ccc(F)cc3)c2)COC1. The molecule has 1 amide bonds. The third-order valence-corrected chi connectivity index (χ3v) is 5.87. The van der Waals surface area contributed by atoms with Gasteiger partial charge < -0.3 is 10.1 Å². The lowest BCUT2D eigenvalue weighted by molar-refractivity contribution is -0.0641. The summed E-state index contributed by atoms with van der Waals surface area (Å²) in [5, 5.41) is 2.61. The molecule has 0 unspecified atom stereocenters. The molecule has 0 radical (unpaired) electrons. The molecule has 0 atom stereocenters. The number of sulfonamides is 1. The molecule has 138 valence electrons. The van der Waals surface area contributed by atoms with Gasteiger partial charge in [0.25, 0.3) is 5.91 Å². The van der Waals surface area contributed by atoms with E-state index in [1.54, 1.807) is 0 Å². The van der Waals surface area contributed by atoms with Crippen LogP contribution in [0.3, 0.4) is 0 Å². The average molecular weight is 378 g/mol. The highest BCUT2D eigenvalue weighted by molar-refractivity contribution is 7.89. The Hall–Kier alpha value is -2.29. The van der Waals surface area contributed by atoms with Crippen LogP contribution in [-0.2, 0) is 14.8 Å². The molecule has 0 aliphatic carbocycles. The van der Waals surface area contributed by atoms with Gasteiger partial charge in [0.05, 0.1) is 23.6 Å². The first kappa shape index (κ1) is 18.5. The fourth-order valence-electron chi connectivity index (χ4n) is 2.57. The van der Waals surface area contributed by atoms with Crippen LogP contribution in [0.15, 0.2) is 53.4 Å². The van der Waals surface area contributed by atoms with E-state index in [4.69, 9.17) is 4.74 Å². The standard InChI is InChI=1S/C18H19FN2O4S/c1-2-18(11-25-12-18)21-26(23,24)16-5-3-4-13(10-16)17(22)20-15-8-6-14(19)7-9-15/h3-10,21H,2,11-12H2,1H3,(H,20,22). The average Bonchev–Trinajstić information content (AvgIpc) is 2.60. The van der Waals surface area contributed by atoms with Gasteiger partial charge in [-0.3, -0.25) is 4.79 Å². The van der Waals surface area contributed by atoms with Gasteiger partial charge in [0, 0.05) is 11.3 Å². The molecule has 3 rings (SSSR count). The summed E-state index contributed by atoms with van der Waals surface area (Å²) in [5.41, 5.74) is 0.0116. The van der Waals surface area contributed by atoms with E-state index in [0.717, 1.165) is 0 Å². The molecule has 6 nitrogen and oxygen atoms in total. The molecule has 2 N–H and O–H groups in total. The number of benzene rings is 2. The third kappa shape index (κ3) is 3.92. The highest BCUT2D eigenvalue weighted by Gasteiger charge is 2.40. The van der Waals surface area contributed by atoms with Crippen molar-refractivity contribution in [2.75, 3.05) is 18.5 Å². The quantitative estimate of drug-likeness (QED) is 0.809. The van der Waals surface area contributed by atoms with Crippen LogP contribution < -0.4 is 10.0 Å². The number of rotatable bonds is 6. The van der Waals surface area contributed by atoms with Gasteiger partial charge in [-0.25, -0.2) is 17.5 Å². The number of nitrogens with one attached hydrogen (secondary N) is 2. The van der Waals surface area contributed by atoms with Crippen molar-refractivity contribution < 1.29 is 22.3 Å². The normalized spacial score (nSPS) is 15.9. The molecule has 8 heteroatoms. The lowest BCUT2D eigenvalue weighted by Crippen LogP contribution is -2.61. The van der Waals surface area contributed by atoms with E-state index in [0.29, 0.717) is 25.3 Å². The minimum absolute atomic E-state index is 0.00369. The summed E-state index contributed by atoms with van der Waals surface area (Å²) in [5.74, 6) is -0.891. The number of hydrogen-bond donors (Lipinski definition) is 2. The lowest BCUT2D eigenvalue weighted by atomic mass is 9.96. The van der Waals surface area contributed by atoms with Crippen molar-refractivity contribution in [3.8, 4) is 0 Å². The number of anilines is 1. The van der Waals surface area contributed by atoms with Gasteiger partial charge in [-0.1, -0.05) is 13.0 Å². The van der Waals surface area contributed by atoms with E-state index in [1.165, 1.54) is 48.5 Å². The molecule has 1 aliphatic rings. The Kier molecular flexibility index (Phi) is 5.08. The molecule has 26 heavy (non-hydrogen) atoms. The maximum absolute atomic E-state index is 12.9. The summed E-state index contributed by atoms with van der Waals surface area (Å²) < 4.78 is 46.0. The Balaban J connectivity index is 1.78. The van der Waals surface area contributed by atoms with E-state index >= 15 is 0 Å². The van der Waals surface area contributed by atoms with Crippen LogP contribution in [0.25, 0.3) is 0 Å². The van der Waals surface area contributed by atoms with Gasteiger partial charge >= 0.3 is 0 Å². The van der Waals surface area contributed by atoms with Crippen molar-refractivity contribution in [3.05, 3.63) is 59.9 Å². The molecule has 0 bridgehead atoms. The zero-order valence-corrected chi connectivity index (χ0v) is 15.0.